The molecule has 0 N–H and O–H groups in total. The third kappa shape index (κ3) is 8.54. The summed E-state index contributed by atoms with van der Waals surface area (Å²) in [6.45, 7) is 5.65. The second-order valence-corrected chi connectivity index (χ2v) is 9.60. The van der Waals surface area contributed by atoms with Gasteiger partial charge in [-0.1, -0.05) is 18.2 Å². The van der Waals surface area contributed by atoms with Crippen molar-refractivity contribution in [3.63, 3.8) is 0 Å². The number of carbonyl (C=O) groups is 2. The first-order chi connectivity index (χ1) is 20.6. The summed E-state index contributed by atoms with van der Waals surface area (Å²) in [6, 6.07) is 12.7. The molecular weight excluding hydrogens is 552 g/mol. The molecule has 0 fully saturated rings. The highest BCUT2D eigenvalue weighted by molar-refractivity contribution is 5.88. The highest BCUT2D eigenvalue weighted by atomic mass is 16.6. The maximum atomic E-state index is 12.9. The third-order valence-corrected chi connectivity index (χ3v) is 6.74. The second kappa shape index (κ2) is 15.3. The summed E-state index contributed by atoms with van der Waals surface area (Å²) >= 11 is 0. The molecule has 3 rings (SSSR count). The van der Waals surface area contributed by atoms with E-state index in [1.54, 1.807) is 44.6 Å². The van der Waals surface area contributed by atoms with E-state index >= 15 is 0 Å². The van der Waals surface area contributed by atoms with Crippen LogP contribution in [-0.4, -0.2) is 54.1 Å². The average molecular weight is 591 g/mol. The van der Waals surface area contributed by atoms with Crippen LogP contribution in [0.25, 0.3) is 12.2 Å². The normalized spacial score (nSPS) is 11.7. The van der Waals surface area contributed by atoms with E-state index in [0.29, 0.717) is 39.9 Å². The second-order valence-electron chi connectivity index (χ2n) is 9.60. The van der Waals surface area contributed by atoms with Crippen LogP contribution in [-0.2, 0) is 19.1 Å². The molecule has 3 aromatic rings. The van der Waals surface area contributed by atoms with Crippen LogP contribution in [0.2, 0.25) is 0 Å². The van der Waals surface area contributed by atoms with E-state index < -0.39 is 18.0 Å². The van der Waals surface area contributed by atoms with Crippen LogP contribution in [0.15, 0.2) is 54.6 Å². The molecule has 3 aromatic carbocycles. The van der Waals surface area contributed by atoms with E-state index in [2.05, 4.69) is 0 Å². The molecule has 9 heteroatoms. The number of aryl methyl sites for hydroxylation is 3. The number of rotatable bonds is 13. The monoisotopic (exact) mass is 590 g/mol. The van der Waals surface area contributed by atoms with Crippen molar-refractivity contribution in [1.29, 1.82) is 0 Å². The lowest BCUT2D eigenvalue weighted by molar-refractivity contribution is -0.153. The lowest BCUT2D eigenvalue weighted by atomic mass is 10.0. The standard InChI is InChI=1S/C34H38O9/c1-21-9-12-26(16-22(21)2)30(20-42-31(35)13-10-24-15-23(3)33(40-7)27(17-24)37-4)43-32(36)14-11-25-18-28(38-5)34(41-8)29(19-25)39-6/h9-19,30H,20H2,1-8H3/b13-10+,14-11+/t30-/m1/s1. The van der Waals surface area contributed by atoms with E-state index in [-0.39, 0.29) is 6.61 Å². The molecule has 0 radical (unpaired) electrons. The van der Waals surface area contributed by atoms with Crippen LogP contribution in [0.5, 0.6) is 28.7 Å². The highest BCUT2D eigenvalue weighted by Gasteiger charge is 2.19. The Labute approximate surface area is 252 Å². The average Bonchev–Trinajstić information content (AvgIpc) is 3.01. The molecule has 0 saturated heterocycles. The Kier molecular flexibility index (Phi) is 11.6. The molecule has 0 spiro atoms. The lowest BCUT2D eigenvalue weighted by Crippen LogP contribution is -2.17. The smallest absolute Gasteiger partial charge is 0.331 e. The molecule has 0 aliphatic rings. The van der Waals surface area contributed by atoms with Crippen molar-refractivity contribution >= 4 is 24.1 Å². The van der Waals surface area contributed by atoms with Crippen molar-refractivity contribution < 1.29 is 42.7 Å². The molecular formula is C34H38O9. The number of benzene rings is 3. The number of methoxy groups -OCH3 is 5. The van der Waals surface area contributed by atoms with Crippen molar-refractivity contribution in [1.82, 2.24) is 0 Å². The van der Waals surface area contributed by atoms with Crippen LogP contribution in [0.4, 0.5) is 0 Å². The van der Waals surface area contributed by atoms with Gasteiger partial charge in [-0.2, -0.15) is 0 Å². The predicted molar refractivity (Wildman–Crippen MR) is 164 cm³/mol. The zero-order valence-corrected chi connectivity index (χ0v) is 25.8. The molecule has 0 bridgehead atoms. The summed E-state index contributed by atoms with van der Waals surface area (Å²) in [5.41, 5.74) is 5.03. The Balaban J connectivity index is 1.77. The summed E-state index contributed by atoms with van der Waals surface area (Å²) in [7, 11) is 7.66. The van der Waals surface area contributed by atoms with E-state index in [0.717, 1.165) is 22.3 Å². The Morgan fingerprint density at radius 3 is 1.70 bits per heavy atom. The molecule has 0 unspecified atom stereocenters. The molecule has 0 aromatic heterocycles. The Hall–Kier alpha value is -4.92. The van der Waals surface area contributed by atoms with Crippen LogP contribution in [0.1, 0.15) is 39.5 Å². The fourth-order valence-electron chi connectivity index (χ4n) is 4.35. The van der Waals surface area contributed by atoms with E-state index in [9.17, 15) is 9.59 Å². The fraction of sp³-hybridized carbons (Fsp3) is 0.294. The van der Waals surface area contributed by atoms with Crippen molar-refractivity contribution in [3.05, 3.63) is 88.0 Å². The zero-order chi connectivity index (χ0) is 31.5. The number of esters is 2. The quantitative estimate of drug-likeness (QED) is 0.170. The first-order valence-electron chi connectivity index (χ1n) is 13.5. The minimum absolute atomic E-state index is 0.180. The highest BCUT2D eigenvalue weighted by Crippen LogP contribution is 2.38. The van der Waals surface area contributed by atoms with E-state index in [1.807, 2.05) is 45.0 Å². The van der Waals surface area contributed by atoms with Crippen LogP contribution in [0.3, 0.4) is 0 Å². The van der Waals surface area contributed by atoms with Gasteiger partial charge in [0.2, 0.25) is 5.75 Å². The first-order valence-corrected chi connectivity index (χ1v) is 13.5. The molecule has 1 atom stereocenters. The molecule has 0 amide bonds. The topological polar surface area (TPSA) is 98.8 Å². The molecule has 228 valence electrons. The molecule has 0 saturated carbocycles. The van der Waals surface area contributed by atoms with Gasteiger partial charge in [0.15, 0.2) is 29.1 Å². The zero-order valence-electron chi connectivity index (χ0n) is 25.8. The van der Waals surface area contributed by atoms with E-state index in [1.165, 1.54) is 33.5 Å². The molecule has 0 heterocycles. The van der Waals surface area contributed by atoms with Gasteiger partial charge in [-0.05, 0) is 90.6 Å². The van der Waals surface area contributed by atoms with E-state index in [4.69, 9.17) is 33.2 Å². The summed E-state index contributed by atoms with van der Waals surface area (Å²) in [6.07, 6.45) is 4.95. The van der Waals surface area contributed by atoms with Gasteiger partial charge in [-0.15, -0.1) is 0 Å². The number of ether oxygens (including phenoxy) is 7. The Morgan fingerprint density at radius 2 is 1.16 bits per heavy atom. The maximum Gasteiger partial charge on any atom is 0.331 e. The number of hydrogen-bond donors (Lipinski definition) is 0. The van der Waals surface area contributed by atoms with Gasteiger partial charge in [-0.25, -0.2) is 9.59 Å². The fourth-order valence-corrected chi connectivity index (χ4v) is 4.35. The minimum atomic E-state index is -0.836. The molecule has 9 nitrogen and oxygen atoms in total. The van der Waals surface area contributed by atoms with Crippen LogP contribution in [0, 0.1) is 20.8 Å². The van der Waals surface area contributed by atoms with Gasteiger partial charge in [0.05, 0.1) is 35.5 Å². The van der Waals surface area contributed by atoms with Crippen molar-refractivity contribution in [3.8, 4) is 28.7 Å². The SMILES string of the molecule is COc1cc(/C=C/C(=O)OC[C@@H](OC(=O)/C=C/c2cc(OC)c(OC)c(OC)c2)c2ccc(C)c(C)c2)cc(C)c1OC. The summed E-state index contributed by atoms with van der Waals surface area (Å²) in [4.78, 5) is 25.6. The van der Waals surface area contributed by atoms with Gasteiger partial charge in [0, 0.05) is 12.2 Å². The van der Waals surface area contributed by atoms with Gasteiger partial charge in [0.25, 0.3) is 0 Å². The summed E-state index contributed by atoms with van der Waals surface area (Å²) in [5.74, 6) is 1.31. The third-order valence-electron chi connectivity index (χ3n) is 6.74. The first kappa shape index (κ1) is 32.6. The van der Waals surface area contributed by atoms with Gasteiger partial charge < -0.3 is 33.2 Å². The Morgan fingerprint density at radius 1 is 0.628 bits per heavy atom. The van der Waals surface area contributed by atoms with Crippen LogP contribution < -0.4 is 23.7 Å². The molecule has 0 aliphatic heterocycles. The predicted octanol–water partition coefficient (Wildman–Crippen LogP) is 6.21. The summed E-state index contributed by atoms with van der Waals surface area (Å²) in [5, 5.41) is 0. The molecule has 0 aliphatic carbocycles. The molecule has 43 heavy (non-hydrogen) atoms. The van der Waals surface area contributed by atoms with Gasteiger partial charge in [-0.3, -0.25) is 0 Å². The number of carbonyl (C=O) groups excluding carboxylic acids is 2. The van der Waals surface area contributed by atoms with Crippen molar-refractivity contribution in [2.75, 3.05) is 42.2 Å². The Bertz CT molecular complexity index is 1480. The lowest BCUT2D eigenvalue weighted by Gasteiger charge is -2.18. The van der Waals surface area contributed by atoms with Gasteiger partial charge in [0.1, 0.15) is 6.61 Å². The van der Waals surface area contributed by atoms with Crippen molar-refractivity contribution in [2.24, 2.45) is 0 Å². The van der Waals surface area contributed by atoms with Gasteiger partial charge >= 0.3 is 11.9 Å². The maximum absolute atomic E-state index is 12.9. The van der Waals surface area contributed by atoms with Crippen LogP contribution >= 0.6 is 0 Å². The van der Waals surface area contributed by atoms with Crippen molar-refractivity contribution in [2.45, 2.75) is 26.9 Å². The largest absolute Gasteiger partial charge is 0.493 e. The summed E-state index contributed by atoms with van der Waals surface area (Å²) < 4.78 is 38.1. The number of hydrogen-bond acceptors (Lipinski definition) is 9. The minimum Gasteiger partial charge on any atom is -0.493 e.